The van der Waals surface area contributed by atoms with Gasteiger partial charge in [0, 0.05) is 5.56 Å². The first-order valence-corrected chi connectivity index (χ1v) is 5.76. The van der Waals surface area contributed by atoms with Gasteiger partial charge < -0.3 is 9.84 Å². The maximum Gasteiger partial charge on any atom is 0.335 e. The van der Waals surface area contributed by atoms with Gasteiger partial charge in [-0.3, -0.25) is 4.39 Å². The van der Waals surface area contributed by atoms with Gasteiger partial charge in [0.15, 0.2) is 6.10 Å². The average Bonchev–Trinajstić information content (AvgIpc) is 2.39. The number of ether oxygens (including phenoxy) is 1. The van der Waals surface area contributed by atoms with Crippen LogP contribution >= 0.6 is 11.6 Å². The molecule has 0 fully saturated rings. The van der Waals surface area contributed by atoms with Crippen LogP contribution < -0.4 is 4.74 Å². The Balaban J connectivity index is 0.000000861. The maximum atomic E-state index is 12.7. The van der Waals surface area contributed by atoms with E-state index in [0.29, 0.717) is 23.5 Å². The molecule has 1 aromatic rings. The van der Waals surface area contributed by atoms with Crippen molar-refractivity contribution >= 4 is 23.6 Å². The predicted octanol–water partition coefficient (Wildman–Crippen LogP) is 3.43. The molecule has 1 atom stereocenters. The standard InChI is InChI=1S/C12H10ClFO3.CH3F/c1-6-2-7-4-8(12(15)16)10(5-14)17-11(7)9(13)3-6;1-2/h2-4,10H,5H2,1H3,(H,15,16);1H3. The first-order chi connectivity index (χ1) is 9.02. The van der Waals surface area contributed by atoms with E-state index in [4.69, 9.17) is 21.4 Å². The lowest BCUT2D eigenvalue weighted by Crippen LogP contribution is -2.29. The Morgan fingerprint density at radius 3 is 2.63 bits per heavy atom. The van der Waals surface area contributed by atoms with Gasteiger partial charge in [0.25, 0.3) is 0 Å². The Bertz CT molecular complexity index is 515. The summed E-state index contributed by atoms with van der Waals surface area (Å²) in [4.78, 5) is 11.0. The minimum Gasteiger partial charge on any atom is -0.480 e. The van der Waals surface area contributed by atoms with E-state index in [1.807, 2.05) is 6.92 Å². The summed E-state index contributed by atoms with van der Waals surface area (Å²) in [7, 11) is 0.500. The molecule has 0 aromatic heterocycles. The minimum absolute atomic E-state index is 0.0957. The molecule has 0 bridgehead atoms. The molecule has 0 radical (unpaired) electrons. The highest BCUT2D eigenvalue weighted by Gasteiger charge is 2.28. The molecule has 6 heteroatoms. The second kappa shape index (κ2) is 6.52. The fourth-order valence-electron chi connectivity index (χ4n) is 1.77. The lowest BCUT2D eigenvalue weighted by atomic mass is 10.0. The van der Waals surface area contributed by atoms with Gasteiger partial charge in [-0.25, -0.2) is 9.18 Å². The van der Waals surface area contributed by atoms with Crippen molar-refractivity contribution in [1.82, 2.24) is 0 Å². The van der Waals surface area contributed by atoms with Gasteiger partial charge in [-0.1, -0.05) is 11.6 Å². The van der Waals surface area contributed by atoms with Crippen LogP contribution in [0.5, 0.6) is 5.75 Å². The number of carboxylic acids is 1. The molecule has 0 saturated heterocycles. The van der Waals surface area contributed by atoms with Gasteiger partial charge in [0.1, 0.15) is 12.4 Å². The summed E-state index contributed by atoms with van der Waals surface area (Å²) in [6.07, 6.45) is 0.310. The predicted molar refractivity (Wildman–Crippen MR) is 69.2 cm³/mol. The van der Waals surface area contributed by atoms with Crippen LogP contribution in [0.25, 0.3) is 6.08 Å². The summed E-state index contributed by atoms with van der Waals surface area (Å²) in [5.41, 5.74) is 1.36. The topological polar surface area (TPSA) is 46.5 Å². The fraction of sp³-hybridized carbons (Fsp3) is 0.308. The molecule has 1 aliphatic rings. The van der Waals surface area contributed by atoms with Crippen LogP contribution in [0, 0.1) is 6.92 Å². The molecule has 1 aliphatic heterocycles. The van der Waals surface area contributed by atoms with Gasteiger partial charge in [0.05, 0.1) is 17.8 Å². The van der Waals surface area contributed by atoms with E-state index in [9.17, 15) is 13.6 Å². The highest BCUT2D eigenvalue weighted by molar-refractivity contribution is 6.32. The van der Waals surface area contributed by atoms with Crippen molar-refractivity contribution < 1.29 is 23.4 Å². The number of hydrogen-bond acceptors (Lipinski definition) is 2. The van der Waals surface area contributed by atoms with Crippen molar-refractivity contribution in [3.05, 3.63) is 33.9 Å². The Labute approximate surface area is 114 Å². The van der Waals surface area contributed by atoms with Crippen molar-refractivity contribution in [3.63, 3.8) is 0 Å². The van der Waals surface area contributed by atoms with Crippen LogP contribution in [0.1, 0.15) is 11.1 Å². The van der Waals surface area contributed by atoms with E-state index >= 15 is 0 Å². The summed E-state index contributed by atoms with van der Waals surface area (Å²) < 4.78 is 27.5. The first-order valence-electron chi connectivity index (χ1n) is 5.38. The molecule has 0 amide bonds. The second-order valence-corrected chi connectivity index (χ2v) is 4.24. The molecule has 1 N–H and O–H groups in total. The number of hydrogen-bond donors (Lipinski definition) is 1. The van der Waals surface area contributed by atoms with E-state index in [-0.39, 0.29) is 5.57 Å². The van der Waals surface area contributed by atoms with Crippen LogP contribution in [0.3, 0.4) is 0 Å². The number of aryl methyl sites for hydroxylation is 1. The van der Waals surface area contributed by atoms with E-state index in [2.05, 4.69) is 0 Å². The van der Waals surface area contributed by atoms with Gasteiger partial charge in [-0.2, -0.15) is 0 Å². The van der Waals surface area contributed by atoms with Gasteiger partial charge in [-0.15, -0.1) is 0 Å². The van der Waals surface area contributed by atoms with E-state index in [1.54, 1.807) is 12.1 Å². The molecule has 1 heterocycles. The van der Waals surface area contributed by atoms with E-state index in [1.165, 1.54) is 6.08 Å². The molecule has 104 valence electrons. The van der Waals surface area contributed by atoms with Gasteiger partial charge in [-0.05, 0) is 30.7 Å². The Hall–Kier alpha value is -1.62. The Kier molecular flexibility index (Phi) is 5.30. The molecule has 2 rings (SSSR count). The summed E-state index contributed by atoms with van der Waals surface area (Å²) >= 11 is 5.97. The third kappa shape index (κ3) is 3.23. The number of halogens is 3. The number of carboxylic acid groups (broad SMARTS) is 1. The van der Waals surface area contributed by atoms with Crippen molar-refractivity contribution in [2.75, 3.05) is 13.9 Å². The lowest BCUT2D eigenvalue weighted by Gasteiger charge is -2.24. The molecule has 0 aliphatic carbocycles. The zero-order valence-corrected chi connectivity index (χ0v) is 11.2. The van der Waals surface area contributed by atoms with Crippen LogP contribution in [0.15, 0.2) is 17.7 Å². The summed E-state index contributed by atoms with van der Waals surface area (Å²) in [5, 5.41) is 9.32. The van der Waals surface area contributed by atoms with Crippen LogP contribution in [-0.2, 0) is 4.79 Å². The van der Waals surface area contributed by atoms with Gasteiger partial charge >= 0.3 is 5.97 Å². The largest absolute Gasteiger partial charge is 0.480 e. The number of aliphatic carboxylic acids is 1. The molecular weight excluding hydrogens is 278 g/mol. The SMILES string of the molecule is CF.Cc1cc(Cl)c2c(c1)C=C(C(=O)O)C(CF)O2. The van der Waals surface area contributed by atoms with Crippen molar-refractivity contribution in [1.29, 1.82) is 0 Å². The number of alkyl halides is 2. The highest BCUT2D eigenvalue weighted by Crippen LogP contribution is 2.37. The molecule has 3 nitrogen and oxygen atoms in total. The maximum absolute atomic E-state index is 12.7. The minimum atomic E-state index is -1.18. The normalized spacial score (nSPS) is 16.5. The summed E-state index contributed by atoms with van der Waals surface area (Å²) in [5.74, 6) is -0.846. The molecule has 19 heavy (non-hydrogen) atoms. The Morgan fingerprint density at radius 2 is 2.11 bits per heavy atom. The van der Waals surface area contributed by atoms with Crippen molar-refractivity contribution in [2.45, 2.75) is 13.0 Å². The van der Waals surface area contributed by atoms with Crippen molar-refractivity contribution in [3.8, 4) is 5.75 Å². The molecular formula is C13H13ClF2O3. The molecule has 0 saturated carbocycles. The summed E-state index contributed by atoms with van der Waals surface area (Å²) in [6, 6.07) is 3.44. The zero-order chi connectivity index (χ0) is 14.6. The van der Waals surface area contributed by atoms with Gasteiger partial charge in [0.2, 0.25) is 0 Å². The smallest absolute Gasteiger partial charge is 0.335 e. The first kappa shape index (κ1) is 15.4. The lowest BCUT2D eigenvalue weighted by molar-refractivity contribution is -0.133. The van der Waals surface area contributed by atoms with Crippen LogP contribution in [0.4, 0.5) is 8.78 Å². The monoisotopic (exact) mass is 290 g/mol. The third-order valence-corrected chi connectivity index (χ3v) is 2.80. The van der Waals surface area contributed by atoms with Crippen LogP contribution in [-0.4, -0.2) is 31.0 Å². The van der Waals surface area contributed by atoms with Crippen LogP contribution in [0.2, 0.25) is 5.02 Å². The third-order valence-electron chi connectivity index (χ3n) is 2.52. The number of fused-ring (bicyclic) bond motifs is 1. The fourth-order valence-corrected chi connectivity index (χ4v) is 2.09. The average molecular weight is 291 g/mol. The number of benzene rings is 1. The Morgan fingerprint density at radius 1 is 1.47 bits per heavy atom. The molecule has 1 unspecified atom stereocenters. The summed E-state index contributed by atoms with van der Waals surface area (Å²) in [6.45, 7) is 0.934. The zero-order valence-electron chi connectivity index (χ0n) is 10.4. The van der Waals surface area contributed by atoms with Crippen molar-refractivity contribution in [2.24, 2.45) is 0 Å². The molecule has 0 spiro atoms. The number of carbonyl (C=O) groups is 1. The number of rotatable bonds is 2. The highest BCUT2D eigenvalue weighted by atomic mass is 35.5. The second-order valence-electron chi connectivity index (χ2n) is 3.83. The van der Waals surface area contributed by atoms with E-state index < -0.39 is 18.7 Å². The van der Waals surface area contributed by atoms with E-state index in [0.717, 1.165) is 5.56 Å². The molecule has 1 aromatic carbocycles. The quantitative estimate of drug-likeness (QED) is 0.907.